The predicted molar refractivity (Wildman–Crippen MR) is 125 cm³/mol. The van der Waals surface area contributed by atoms with Gasteiger partial charge in [-0.05, 0) is 19.4 Å². The van der Waals surface area contributed by atoms with E-state index in [0.29, 0.717) is 63.0 Å². The van der Waals surface area contributed by atoms with E-state index in [9.17, 15) is 4.79 Å². The number of aromatic nitrogens is 4. The van der Waals surface area contributed by atoms with Gasteiger partial charge in [-0.2, -0.15) is 9.97 Å². The molecule has 0 bridgehead atoms. The quantitative estimate of drug-likeness (QED) is 0.508. The lowest BCUT2D eigenvalue weighted by molar-refractivity contribution is -0.132. The summed E-state index contributed by atoms with van der Waals surface area (Å²) in [5.41, 5.74) is 12.9. The van der Waals surface area contributed by atoms with Crippen molar-refractivity contribution >= 4 is 45.0 Å². The molecule has 1 saturated heterocycles. The highest BCUT2D eigenvalue weighted by Gasteiger charge is 2.45. The first-order chi connectivity index (χ1) is 15.8. The summed E-state index contributed by atoms with van der Waals surface area (Å²) in [4.78, 5) is 34.0. The number of carbonyl (C=O) groups is 1. The number of amides is 1. The summed E-state index contributed by atoms with van der Waals surface area (Å²) in [5, 5.41) is 4.33. The molecule has 0 aromatic carbocycles. The summed E-state index contributed by atoms with van der Waals surface area (Å²) >= 11 is 1.64. The van der Waals surface area contributed by atoms with Crippen LogP contribution in [0.25, 0.3) is 10.2 Å². The lowest BCUT2D eigenvalue weighted by Crippen LogP contribution is -2.50. The van der Waals surface area contributed by atoms with Gasteiger partial charge in [0.2, 0.25) is 17.7 Å². The molecule has 1 fully saturated rings. The van der Waals surface area contributed by atoms with Crippen LogP contribution in [-0.2, 0) is 16.0 Å². The molecule has 12 heteroatoms. The smallest absolute Gasteiger partial charge is 0.225 e. The number of fused-ring (bicyclic) bond motifs is 2. The highest BCUT2D eigenvalue weighted by molar-refractivity contribution is 7.18. The Morgan fingerprint density at radius 3 is 3.00 bits per heavy atom. The number of hydrogen-bond donors (Lipinski definition) is 3. The van der Waals surface area contributed by atoms with E-state index in [-0.39, 0.29) is 11.9 Å². The van der Waals surface area contributed by atoms with Crippen LogP contribution in [0, 0.1) is 13.8 Å². The maximum atomic E-state index is 13.1. The number of carbonyl (C=O) groups excluding carboxylic acids is 1. The van der Waals surface area contributed by atoms with Gasteiger partial charge in [0.05, 0.1) is 30.7 Å². The third-order valence-electron chi connectivity index (χ3n) is 6.13. The van der Waals surface area contributed by atoms with Crippen molar-refractivity contribution in [3.05, 3.63) is 22.3 Å². The van der Waals surface area contributed by atoms with E-state index in [1.54, 1.807) is 22.6 Å². The maximum absolute atomic E-state index is 13.1. The number of hydrogen-bond acceptors (Lipinski definition) is 11. The topological polar surface area (TPSA) is 154 Å². The first kappa shape index (κ1) is 21.6. The van der Waals surface area contributed by atoms with Crippen LogP contribution in [0.4, 0.5) is 17.6 Å². The van der Waals surface area contributed by atoms with Gasteiger partial charge in [-0.25, -0.2) is 9.97 Å². The highest BCUT2D eigenvalue weighted by atomic mass is 32.1. The Labute approximate surface area is 194 Å². The molecule has 3 aromatic heterocycles. The molecule has 3 aromatic rings. The molecular weight excluding hydrogens is 444 g/mol. The second-order valence-corrected chi connectivity index (χ2v) is 9.65. The van der Waals surface area contributed by atoms with Crippen LogP contribution < -0.4 is 21.5 Å². The van der Waals surface area contributed by atoms with Crippen LogP contribution in [0.2, 0.25) is 0 Å². The Balaban J connectivity index is 1.25. The van der Waals surface area contributed by atoms with Crippen LogP contribution in [-0.4, -0.2) is 69.2 Å². The Bertz CT molecular complexity index is 1230. The number of rotatable bonds is 4. The lowest BCUT2D eigenvalue weighted by atomic mass is 9.98. The second kappa shape index (κ2) is 8.27. The largest absolute Gasteiger partial charge is 0.466 e. The zero-order chi connectivity index (χ0) is 23.2. The third-order valence-corrected chi connectivity index (χ3v) is 7.24. The van der Waals surface area contributed by atoms with Gasteiger partial charge in [-0.1, -0.05) is 0 Å². The number of aryl methyl sites for hydroxylation is 2. The van der Waals surface area contributed by atoms with Gasteiger partial charge < -0.3 is 31.2 Å². The van der Waals surface area contributed by atoms with Gasteiger partial charge in [-0.15, -0.1) is 11.3 Å². The molecular formula is C21H26N8O3S. The van der Waals surface area contributed by atoms with E-state index < -0.39 is 5.60 Å². The van der Waals surface area contributed by atoms with Gasteiger partial charge in [0, 0.05) is 30.8 Å². The second-order valence-electron chi connectivity index (χ2n) is 8.44. The molecule has 2 aliphatic rings. The molecule has 0 aliphatic carbocycles. The summed E-state index contributed by atoms with van der Waals surface area (Å²) in [6, 6.07) is 0. The zero-order valence-corrected chi connectivity index (χ0v) is 19.4. The van der Waals surface area contributed by atoms with Crippen molar-refractivity contribution in [2.75, 3.05) is 49.6 Å². The fraction of sp³-hybridized carbons (Fsp3) is 0.476. The van der Waals surface area contributed by atoms with Gasteiger partial charge in [0.25, 0.3) is 0 Å². The van der Waals surface area contributed by atoms with E-state index >= 15 is 0 Å². The molecule has 0 unspecified atom stereocenters. The van der Waals surface area contributed by atoms with Crippen molar-refractivity contribution in [2.24, 2.45) is 0 Å². The number of anilines is 3. The van der Waals surface area contributed by atoms with Gasteiger partial charge in [-0.3, -0.25) is 4.79 Å². The molecule has 0 radical (unpaired) electrons. The van der Waals surface area contributed by atoms with Crippen LogP contribution in [0.15, 0.2) is 6.33 Å². The van der Waals surface area contributed by atoms with Crippen molar-refractivity contribution < 1.29 is 14.3 Å². The van der Waals surface area contributed by atoms with Crippen LogP contribution >= 0.6 is 11.3 Å². The Morgan fingerprint density at radius 1 is 1.30 bits per heavy atom. The van der Waals surface area contributed by atoms with Crippen molar-refractivity contribution in [3.63, 3.8) is 0 Å². The SMILES string of the molecule is Cc1sc2ncnc(NCCC(=O)N3CCOC[C@]4(Cc5c(N)nc(N)nc5O4)C3)c2c1C. The molecule has 1 atom stereocenters. The van der Waals surface area contributed by atoms with Crippen LogP contribution in [0.1, 0.15) is 22.4 Å². The zero-order valence-electron chi connectivity index (χ0n) is 18.6. The van der Waals surface area contributed by atoms with Crippen molar-refractivity contribution in [1.29, 1.82) is 0 Å². The van der Waals surface area contributed by atoms with E-state index in [2.05, 4.69) is 39.1 Å². The maximum Gasteiger partial charge on any atom is 0.225 e. The fourth-order valence-corrected chi connectivity index (χ4v) is 5.36. The van der Waals surface area contributed by atoms with Crippen molar-refractivity contribution in [3.8, 4) is 5.88 Å². The minimum atomic E-state index is -0.747. The van der Waals surface area contributed by atoms with E-state index in [1.807, 2.05) is 0 Å². The Hall–Kier alpha value is -3.25. The molecule has 1 amide bonds. The number of nitrogens with two attached hydrogens (primary N) is 2. The molecule has 5 heterocycles. The van der Waals surface area contributed by atoms with Gasteiger partial charge in [0.15, 0.2) is 5.60 Å². The molecule has 2 aliphatic heterocycles. The first-order valence-electron chi connectivity index (χ1n) is 10.8. The van der Waals surface area contributed by atoms with Crippen molar-refractivity contribution in [1.82, 2.24) is 24.8 Å². The number of nitrogens with one attached hydrogen (secondary N) is 1. The lowest BCUT2D eigenvalue weighted by Gasteiger charge is -2.31. The van der Waals surface area contributed by atoms with E-state index in [1.165, 1.54) is 4.88 Å². The fourth-order valence-electron chi connectivity index (χ4n) is 4.36. The summed E-state index contributed by atoms with van der Waals surface area (Å²) in [6.45, 7) is 6.23. The van der Waals surface area contributed by atoms with E-state index in [0.717, 1.165) is 21.6 Å². The third kappa shape index (κ3) is 4.00. The molecule has 174 valence electrons. The standard InChI is InChI=1S/C21H26N8O3S/c1-11-12(2)33-19-15(11)17(25-10-26-19)24-4-3-14(30)29-5-6-31-9-21(8-29)7-13-16(22)27-20(23)28-18(13)32-21/h10H,3-9H2,1-2H3,(H,24,25,26)(H4,22,23,27,28)/t21-/m0/s1. The van der Waals surface area contributed by atoms with E-state index in [4.69, 9.17) is 20.9 Å². The average molecular weight is 471 g/mol. The van der Waals surface area contributed by atoms with Gasteiger partial charge >= 0.3 is 0 Å². The normalized spacial score (nSPS) is 20.0. The van der Waals surface area contributed by atoms with Gasteiger partial charge in [0.1, 0.15) is 22.8 Å². The predicted octanol–water partition coefficient (Wildman–Crippen LogP) is 1.30. The minimum absolute atomic E-state index is 0.00835. The number of nitrogens with zero attached hydrogens (tertiary/aromatic N) is 5. The number of thiophene rings is 1. The monoisotopic (exact) mass is 470 g/mol. The highest BCUT2D eigenvalue weighted by Crippen LogP contribution is 2.38. The average Bonchev–Trinajstić information content (AvgIpc) is 3.18. The summed E-state index contributed by atoms with van der Waals surface area (Å²) < 4.78 is 11.9. The molecule has 5 N–H and O–H groups in total. The molecule has 1 spiro atoms. The Morgan fingerprint density at radius 2 is 2.15 bits per heavy atom. The molecule has 0 saturated carbocycles. The first-order valence-corrected chi connectivity index (χ1v) is 11.6. The van der Waals surface area contributed by atoms with Crippen molar-refractivity contribution in [2.45, 2.75) is 32.3 Å². The molecule has 33 heavy (non-hydrogen) atoms. The summed E-state index contributed by atoms with van der Waals surface area (Å²) in [6.07, 6.45) is 2.33. The molecule has 5 rings (SSSR count). The number of nitrogen functional groups attached to an aromatic ring is 2. The summed E-state index contributed by atoms with van der Waals surface area (Å²) in [5.74, 6) is 1.50. The summed E-state index contributed by atoms with van der Waals surface area (Å²) in [7, 11) is 0. The molecule has 11 nitrogen and oxygen atoms in total. The Kier molecular flexibility index (Phi) is 5.41. The number of ether oxygens (including phenoxy) is 2. The minimum Gasteiger partial charge on any atom is -0.466 e. The van der Waals surface area contributed by atoms with Crippen LogP contribution in [0.5, 0.6) is 5.88 Å². The van der Waals surface area contributed by atoms with Crippen LogP contribution in [0.3, 0.4) is 0 Å².